The van der Waals surface area contributed by atoms with Crippen molar-refractivity contribution in [3.05, 3.63) is 28.8 Å². The lowest BCUT2D eigenvalue weighted by Gasteiger charge is -2.09. The van der Waals surface area contributed by atoms with Gasteiger partial charge in [-0.2, -0.15) is 0 Å². The second kappa shape index (κ2) is 5.32. The zero-order valence-corrected chi connectivity index (χ0v) is 9.15. The highest BCUT2D eigenvalue weighted by molar-refractivity contribution is 6.31. The zero-order valence-electron chi connectivity index (χ0n) is 7.58. The van der Waals surface area contributed by atoms with Crippen molar-refractivity contribution in [2.75, 3.05) is 7.11 Å². The maximum atomic E-state index is 5.91. The van der Waals surface area contributed by atoms with Crippen LogP contribution in [0.2, 0.25) is 5.02 Å². The summed E-state index contributed by atoms with van der Waals surface area (Å²) in [6, 6.07) is 5.40. The summed E-state index contributed by atoms with van der Waals surface area (Å²) in [4.78, 5) is 0. The van der Waals surface area contributed by atoms with Gasteiger partial charge in [-0.25, -0.2) is 0 Å². The molecule has 0 aliphatic carbocycles. The van der Waals surface area contributed by atoms with Crippen molar-refractivity contribution < 1.29 is 4.74 Å². The summed E-state index contributed by atoms with van der Waals surface area (Å²) in [5.41, 5.74) is 6.61. The monoisotopic (exact) mass is 221 g/mol. The summed E-state index contributed by atoms with van der Waals surface area (Å²) in [6.45, 7) is 1.89. The molecule has 1 aromatic carbocycles. The van der Waals surface area contributed by atoms with Crippen LogP contribution in [0, 0.1) is 0 Å². The molecule has 0 aliphatic heterocycles. The van der Waals surface area contributed by atoms with Gasteiger partial charge in [0.15, 0.2) is 0 Å². The van der Waals surface area contributed by atoms with Gasteiger partial charge in [0.1, 0.15) is 5.75 Å². The predicted molar refractivity (Wildman–Crippen MR) is 57.9 cm³/mol. The first-order valence-electron chi connectivity index (χ1n) is 3.74. The van der Waals surface area contributed by atoms with Gasteiger partial charge in [0, 0.05) is 11.1 Å². The van der Waals surface area contributed by atoms with E-state index in [9.17, 15) is 0 Å². The van der Waals surface area contributed by atoms with Crippen LogP contribution in [0.1, 0.15) is 18.5 Å². The molecule has 0 bridgehead atoms. The molecular formula is C9H13Cl2NO. The van der Waals surface area contributed by atoms with Crippen molar-refractivity contribution in [2.24, 2.45) is 5.73 Å². The molecule has 1 aromatic rings. The number of ether oxygens (including phenoxy) is 1. The first kappa shape index (κ1) is 12.6. The maximum Gasteiger partial charge on any atom is 0.119 e. The number of hydrogen-bond donors (Lipinski definition) is 1. The molecule has 0 heterocycles. The third-order valence-corrected chi connectivity index (χ3v) is 2.04. The summed E-state index contributed by atoms with van der Waals surface area (Å²) in [5.74, 6) is 0.784. The molecular weight excluding hydrogens is 209 g/mol. The van der Waals surface area contributed by atoms with Crippen molar-refractivity contribution in [1.82, 2.24) is 0 Å². The Labute approximate surface area is 89.4 Å². The van der Waals surface area contributed by atoms with Crippen molar-refractivity contribution in [1.29, 1.82) is 0 Å². The highest BCUT2D eigenvalue weighted by atomic mass is 35.5. The number of hydrogen-bond acceptors (Lipinski definition) is 2. The van der Waals surface area contributed by atoms with Gasteiger partial charge in [0.2, 0.25) is 0 Å². The Hall–Kier alpha value is -0.440. The topological polar surface area (TPSA) is 35.2 Å². The molecule has 0 fully saturated rings. The van der Waals surface area contributed by atoms with Gasteiger partial charge in [-0.05, 0) is 30.7 Å². The lowest BCUT2D eigenvalue weighted by molar-refractivity contribution is 0.414. The largest absolute Gasteiger partial charge is 0.497 e. The van der Waals surface area contributed by atoms with Gasteiger partial charge >= 0.3 is 0 Å². The van der Waals surface area contributed by atoms with E-state index in [1.807, 2.05) is 19.1 Å². The van der Waals surface area contributed by atoms with E-state index in [4.69, 9.17) is 22.1 Å². The van der Waals surface area contributed by atoms with Crippen LogP contribution in [0.4, 0.5) is 0 Å². The van der Waals surface area contributed by atoms with Crippen LogP contribution in [0.15, 0.2) is 18.2 Å². The van der Waals surface area contributed by atoms with E-state index >= 15 is 0 Å². The Morgan fingerprint density at radius 3 is 2.54 bits per heavy atom. The highest BCUT2D eigenvalue weighted by Crippen LogP contribution is 2.25. The summed E-state index contributed by atoms with van der Waals surface area (Å²) < 4.78 is 5.05. The fourth-order valence-corrected chi connectivity index (χ4v) is 1.29. The normalized spacial score (nSPS) is 11.7. The molecule has 2 N–H and O–H groups in total. The van der Waals surface area contributed by atoms with Crippen LogP contribution in [0.25, 0.3) is 0 Å². The van der Waals surface area contributed by atoms with E-state index in [1.54, 1.807) is 13.2 Å². The third kappa shape index (κ3) is 3.07. The minimum absolute atomic E-state index is 0. The summed E-state index contributed by atoms with van der Waals surface area (Å²) in [7, 11) is 1.62. The minimum Gasteiger partial charge on any atom is -0.497 e. The molecule has 0 aromatic heterocycles. The third-order valence-electron chi connectivity index (χ3n) is 1.69. The quantitative estimate of drug-likeness (QED) is 0.834. The molecule has 2 nitrogen and oxygen atoms in total. The molecule has 74 valence electrons. The molecule has 4 heteroatoms. The molecule has 1 rings (SSSR count). The number of rotatable bonds is 2. The van der Waals surface area contributed by atoms with Crippen molar-refractivity contribution in [3.63, 3.8) is 0 Å². The molecule has 0 amide bonds. The first-order valence-corrected chi connectivity index (χ1v) is 4.12. The number of nitrogens with two attached hydrogens (primary N) is 1. The van der Waals surface area contributed by atoms with E-state index in [2.05, 4.69) is 0 Å². The first-order chi connectivity index (χ1) is 5.65. The molecule has 0 spiro atoms. The predicted octanol–water partition coefficient (Wildman–Crippen LogP) is 2.79. The van der Waals surface area contributed by atoms with Gasteiger partial charge in [-0.15, -0.1) is 12.4 Å². The summed E-state index contributed by atoms with van der Waals surface area (Å²) >= 11 is 5.91. The fourth-order valence-electron chi connectivity index (χ4n) is 0.998. The van der Waals surface area contributed by atoms with Crippen molar-refractivity contribution in [3.8, 4) is 5.75 Å². The van der Waals surface area contributed by atoms with Crippen LogP contribution >= 0.6 is 24.0 Å². The van der Waals surface area contributed by atoms with E-state index in [-0.39, 0.29) is 18.4 Å². The van der Waals surface area contributed by atoms with Crippen molar-refractivity contribution >= 4 is 24.0 Å². The lowest BCUT2D eigenvalue weighted by atomic mass is 10.1. The van der Waals surface area contributed by atoms with E-state index in [1.165, 1.54) is 0 Å². The Bertz CT molecular complexity index is 276. The highest BCUT2D eigenvalue weighted by Gasteiger charge is 2.05. The minimum atomic E-state index is -0.0624. The molecule has 1 atom stereocenters. The molecule has 0 radical (unpaired) electrons. The Morgan fingerprint density at radius 2 is 2.08 bits per heavy atom. The molecule has 0 saturated heterocycles. The molecule has 1 unspecified atom stereocenters. The van der Waals surface area contributed by atoms with Gasteiger partial charge < -0.3 is 10.5 Å². The average molecular weight is 222 g/mol. The van der Waals surface area contributed by atoms with Gasteiger partial charge in [-0.3, -0.25) is 0 Å². The SMILES string of the molecule is COc1ccc(Cl)c(C(C)N)c1.Cl. The fraction of sp³-hybridized carbons (Fsp3) is 0.333. The Morgan fingerprint density at radius 1 is 1.46 bits per heavy atom. The van der Waals surface area contributed by atoms with E-state index in [0.717, 1.165) is 11.3 Å². The van der Waals surface area contributed by atoms with Gasteiger partial charge in [-0.1, -0.05) is 11.6 Å². The number of methoxy groups -OCH3 is 1. The summed E-state index contributed by atoms with van der Waals surface area (Å²) in [6.07, 6.45) is 0. The van der Waals surface area contributed by atoms with Gasteiger partial charge in [0.05, 0.1) is 7.11 Å². The van der Waals surface area contributed by atoms with Crippen LogP contribution in [0.5, 0.6) is 5.75 Å². The van der Waals surface area contributed by atoms with Crippen LogP contribution in [-0.4, -0.2) is 7.11 Å². The van der Waals surface area contributed by atoms with Crippen LogP contribution in [-0.2, 0) is 0 Å². The Kier molecular flexibility index (Phi) is 5.14. The zero-order chi connectivity index (χ0) is 9.14. The van der Waals surface area contributed by atoms with Crippen LogP contribution < -0.4 is 10.5 Å². The molecule has 13 heavy (non-hydrogen) atoms. The lowest BCUT2D eigenvalue weighted by Crippen LogP contribution is -2.05. The second-order valence-electron chi connectivity index (χ2n) is 2.68. The van der Waals surface area contributed by atoms with Gasteiger partial charge in [0.25, 0.3) is 0 Å². The van der Waals surface area contributed by atoms with Crippen molar-refractivity contribution in [2.45, 2.75) is 13.0 Å². The Balaban J connectivity index is 0.00000144. The smallest absolute Gasteiger partial charge is 0.119 e. The maximum absolute atomic E-state index is 5.91. The molecule has 0 aliphatic rings. The van der Waals surface area contributed by atoms with E-state index in [0.29, 0.717) is 5.02 Å². The number of benzene rings is 1. The van der Waals surface area contributed by atoms with Crippen LogP contribution in [0.3, 0.4) is 0 Å². The summed E-state index contributed by atoms with van der Waals surface area (Å²) in [5, 5.41) is 0.686. The number of halogens is 2. The second-order valence-corrected chi connectivity index (χ2v) is 3.08. The molecule has 0 saturated carbocycles. The average Bonchev–Trinajstić information content (AvgIpc) is 2.05. The standard InChI is InChI=1S/C9H12ClNO.ClH/c1-6(11)8-5-7(12-2)3-4-9(8)10;/h3-6H,11H2,1-2H3;1H. The van der Waals surface area contributed by atoms with E-state index < -0.39 is 0 Å².